The maximum absolute atomic E-state index is 12.0. The topological polar surface area (TPSA) is 78.3 Å². The molecule has 0 spiro atoms. The molecule has 0 unspecified atom stereocenters. The van der Waals surface area contributed by atoms with Crippen molar-refractivity contribution in [1.29, 1.82) is 0 Å². The molecule has 16 heavy (non-hydrogen) atoms. The Kier molecular flexibility index (Phi) is 3.32. The molecule has 0 bridgehead atoms. The molecule has 1 amide bonds. The zero-order valence-corrected chi connectivity index (χ0v) is 9.22. The van der Waals surface area contributed by atoms with Gasteiger partial charge in [0.2, 0.25) is 0 Å². The number of amides is 1. The largest absolute Gasteiger partial charge is 0.573 e. The van der Waals surface area contributed by atoms with Crippen molar-refractivity contribution in [3.8, 4) is 5.75 Å². The predicted octanol–water partition coefficient (Wildman–Crippen LogP) is 2.03. The normalized spacial score (nSPS) is 11.2. The summed E-state index contributed by atoms with van der Waals surface area (Å²) >= 11 is 2.88. The molecule has 1 aromatic rings. The number of primary amides is 1. The van der Waals surface area contributed by atoms with Gasteiger partial charge in [0.25, 0.3) is 5.91 Å². The number of carbonyl (C=O) groups is 1. The van der Waals surface area contributed by atoms with Gasteiger partial charge in [-0.25, -0.2) is 0 Å². The molecule has 0 aliphatic rings. The number of halogens is 4. The maximum atomic E-state index is 12.0. The van der Waals surface area contributed by atoms with Crippen molar-refractivity contribution in [2.45, 2.75) is 6.36 Å². The fraction of sp³-hybridized carbons (Fsp3) is 0.125. The van der Waals surface area contributed by atoms with Crippen LogP contribution in [0.25, 0.3) is 0 Å². The Morgan fingerprint density at radius 2 is 1.94 bits per heavy atom. The van der Waals surface area contributed by atoms with Gasteiger partial charge >= 0.3 is 6.36 Å². The zero-order chi connectivity index (χ0) is 12.5. The van der Waals surface area contributed by atoms with Crippen LogP contribution in [0.2, 0.25) is 0 Å². The van der Waals surface area contributed by atoms with Crippen molar-refractivity contribution >= 4 is 27.5 Å². The lowest BCUT2D eigenvalue weighted by Crippen LogP contribution is -2.21. The van der Waals surface area contributed by atoms with E-state index in [9.17, 15) is 18.0 Å². The molecule has 0 heterocycles. The van der Waals surface area contributed by atoms with Gasteiger partial charge in [-0.15, -0.1) is 13.2 Å². The Balaban J connectivity index is 3.30. The van der Waals surface area contributed by atoms with E-state index in [2.05, 4.69) is 20.7 Å². The highest BCUT2D eigenvalue weighted by Gasteiger charge is 2.33. The van der Waals surface area contributed by atoms with Gasteiger partial charge in [0.1, 0.15) is 5.75 Å². The molecule has 1 aromatic carbocycles. The standard InChI is InChI=1S/C8H6BrF3N2O2/c9-4-1-3(13)2-5(6(4)7(14)15)16-8(10,11)12/h1-2H,13H2,(H2,14,15). The van der Waals surface area contributed by atoms with Gasteiger partial charge in [0.05, 0.1) is 5.56 Å². The van der Waals surface area contributed by atoms with Crippen LogP contribution in [-0.2, 0) is 0 Å². The molecular weight excluding hydrogens is 293 g/mol. The van der Waals surface area contributed by atoms with Crippen LogP contribution in [-0.4, -0.2) is 12.3 Å². The Hall–Kier alpha value is -1.44. The molecule has 0 saturated carbocycles. The van der Waals surface area contributed by atoms with E-state index in [0.717, 1.165) is 6.07 Å². The number of ether oxygens (including phenoxy) is 1. The minimum absolute atomic E-state index is 0.0103. The first-order valence-electron chi connectivity index (χ1n) is 3.85. The van der Waals surface area contributed by atoms with Crippen LogP contribution in [0, 0.1) is 0 Å². The van der Waals surface area contributed by atoms with Crippen LogP contribution in [0.1, 0.15) is 10.4 Å². The zero-order valence-electron chi connectivity index (χ0n) is 7.64. The summed E-state index contributed by atoms with van der Waals surface area (Å²) in [7, 11) is 0. The molecule has 4 N–H and O–H groups in total. The summed E-state index contributed by atoms with van der Waals surface area (Å²) in [5.41, 5.74) is 9.84. The second-order valence-electron chi connectivity index (χ2n) is 2.79. The van der Waals surface area contributed by atoms with E-state index in [1.807, 2.05) is 0 Å². The third-order valence-electron chi connectivity index (χ3n) is 1.55. The third kappa shape index (κ3) is 3.02. The minimum Gasteiger partial charge on any atom is -0.405 e. The van der Waals surface area contributed by atoms with E-state index in [4.69, 9.17) is 11.5 Å². The maximum Gasteiger partial charge on any atom is 0.573 e. The minimum atomic E-state index is -4.92. The first kappa shape index (κ1) is 12.6. The molecular formula is C8H6BrF3N2O2. The number of anilines is 1. The first-order valence-corrected chi connectivity index (χ1v) is 4.64. The van der Waals surface area contributed by atoms with Crippen LogP contribution in [0.15, 0.2) is 16.6 Å². The van der Waals surface area contributed by atoms with Crippen LogP contribution >= 0.6 is 15.9 Å². The lowest BCUT2D eigenvalue weighted by atomic mass is 10.1. The number of nitrogens with two attached hydrogens (primary N) is 2. The second-order valence-corrected chi connectivity index (χ2v) is 3.64. The smallest absolute Gasteiger partial charge is 0.405 e. The van der Waals surface area contributed by atoms with E-state index >= 15 is 0 Å². The van der Waals surface area contributed by atoms with Gasteiger partial charge in [0, 0.05) is 16.2 Å². The van der Waals surface area contributed by atoms with Crippen LogP contribution in [0.4, 0.5) is 18.9 Å². The predicted molar refractivity (Wildman–Crippen MR) is 53.8 cm³/mol. The Bertz CT molecular complexity index is 434. The number of nitrogen functional groups attached to an aromatic ring is 1. The molecule has 0 saturated heterocycles. The summed E-state index contributed by atoms with van der Waals surface area (Å²) < 4.78 is 39.7. The molecule has 88 valence electrons. The van der Waals surface area contributed by atoms with Gasteiger partial charge in [-0.1, -0.05) is 0 Å². The molecule has 0 aliphatic heterocycles. The highest BCUT2D eigenvalue weighted by Crippen LogP contribution is 2.33. The van der Waals surface area contributed by atoms with Crippen LogP contribution in [0.3, 0.4) is 0 Å². The molecule has 0 radical (unpaired) electrons. The lowest BCUT2D eigenvalue weighted by Gasteiger charge is -2.13. The Labute approximate surface area is 96.5 Å². The Morgan fingerprint density at radius 1 is 1.38 bits per heavy atom. The average Bonchev–Trinajstić information content (AvgIpc) is 1.96. The van der Waals surface area contributed by atoms with Gasteiger partial charge in [-0.2, -0.15) is 0 Å². The summed E-state index contributed by atoms with van der Waals surface area (Å²) in [5.74, 6) is -1.78. The lowest BCUT2D eigenvalue weighted by molar-refractivity contribution is -0.274. The van der Waals surface area contributed by atoms with Gasteiger partial charge < -0.3 is 16.2 Å². The second kappa shape index (κ2) is 4.20. The molecule has 0 aliphatic carbocycles. The summed E-state index contributed by atoms with van der Waals surface area (Å²) in [4.78, 5) is 10.9. The summed E-state index contributed by atoms with van der Waals surface area (Å²) in [6.45, 7) is 0. The highest BCUT2D eigenvalue weighted by molar-refractivity contribution is 9.10. The van der Waals surface area contributed by atoms with E-state index in [1.54, 1.807) is 0 Å². The fourth-order valence-electron chi connectivity index (χ4n) is 1.05. The molecule has 1 rings (SSSR count). The van der Waals surface area contributed by atoms with Crippen molar-refractivity contribution in [3.05, 3.63) is 22.2 Å². The van der Waals surface area contributed by atoms with E-state index in [0.29, 0.717) is 0 Å². The highest BCUT2D eigenvalue weighted by atomic mass is 79.9. The van der Waals surface area contributed by atoms with Crippen LogP contribution < -0.4 is 16.2 Å². The number of alkyl halides is 3. The molecule has 0 aromatic heterocycles. The number of hydrogen-bond donors (Lipinski definition) is 2. The number of rotatable bonds is 2. The molecule has 0 fully saturated rings. The van der Waals surface area contributed by atoms with Crippen molar-refractivity contribution in [2.75, 3.05) is 5.73 Å². The first-order chi connectivity index (χ1) is 7.20. The van der Waals surface area contributed by atoms with Crippen molar-refractivity contribution in [2.24, 2.45) is 5.73 Å². The van der Waals surface area contributed by atoms with Crippen molar-refractivity contribution in [3.63, 3.8) is 0 Å². The molecule has 4 nitrogen and oxygen atoms in total. The summed E-state index contributed by atoms with van der Waals surface area (Å²) in [6.07, 6.45) is -4.92. The number of benzene rings is 1. The van der Waals surface area contributed by atoms with Crippen molar-refractivity contribution < 1.29 is 22.7 Å². The fourth-order valence-corrected chi connectivity index (χ4v) is 1.70. The molecule has 8 heteroatoms. The number of carbonyl (C=O) groups excluding carboxylic acids is 1. The van der Waals surface area contributed by atoms with E-state index in [1.165, 1.54) is 6.07 Å². The summed E-state index contributed by atoms with van der Waals surface area (Å²) in [5, 5.41) is 0. The quantitative estimate of drug-likeness (QED) is 0.820. The number of hydrogen-bond acceptors (Lipinski definition) is 3. The SMILES string of the molecule is NC(=O)c1c(Br)cc(N)cc1OC(F)(F)F. The van der Waals surface area contributed by atoms with Gasteiger partial charge in [-0.05, 0) is 22.0 Å². The van der Waals surface area contributed by atoms with Crippen molar-refractivity contribution in [1.82, 2.24) is 0 Å². The van der Waals surface area contributed by atoms with Crippen LogP contribution in [0.5, 0.6) is 5.75 Å². The molecule has 0 atom stereocenters. The summed E-state index contributed by atoms with van der Waals surface area (Å²) in [6, 6.07) is 2.13. The van der Waals surface area contributed by atoms with E-state index in [-0.39, 0.29) is 10.2 Å². The third-order valence-corrected chi connectivity index (χ3v) is 2.17. The monoisotopic (exact) mass is 298 g/mol. The Morgan fingerprint density at radius 3 is 2.38 bits per heavy atom. The average molecular weight is 299 g/mol. The van der Waals surface area contributed by atoms with Gasteiger partial charge in [0.15, 0.2) is 0 Å². The van der Waals surface area contributed by atoms with E-state index < -0.39 is 23.6 Å². The van der Waals surface area contributed by atoms with Gasteiger partial charge in [-0.3, -0.25) is 4.79 Å².